The van der Waals surface area contributed by atoms with Gasteiger partial charge in [-0.05, 0) is 11.6 Å². The lowest BCUT2D eigenvalue weighted by Crippen LogP contribution is -1.85. The van der Waals surface area contributed by atoms with E-state index in [0.29, 0.717) is 5.92 Å². The standard InChI is InChI=1S/C16H15NO/c1-11(2)16-17-15-13(9-6-10-14(15)18-16)12-7-4-3-5-8-12/h3-11H,1-2H3. The van der Waals surface area contributed by atoms with Crippen molar-refractivity contribution in [3.63, 3.8) is 0 Å². The molecule has 3 aromatic rings. The predicted molar refractivity (Wildman–Crippen MR) is 73.5 cm³/mol. The Labute approximate surface area is 106 Å². The van der Waals surface area contributed by atoms with Crippen molar-refractivity contribution >= 4 is 11.1 Å². The van der Waals surface area contributed by atoms with Crippen molar-refractivity contribution in [2.45, 2.75) is 19.8 Å². The quantitative estimate of drug-likeness (QED) is 0.650. The summed E-state index contributed by atoms with van der Waals surface area (Å²) in [4.78, 5) is 4.62. The third kappa shape index (κ3) is 1.80. The lowest BCUT2D eigenvalue weighted by atomic mass is 10.0. The van der Waals surface area contributed by atoms with Crippen molar-refractivity contribution in [2.24, 2.45) is 0 Å². The van der Waals surface area contributed by atoms with Crippen LogP contribution in [-0.4, -0.2) is 4.98 Å². The third-order valence-electron chi connectivity index (χ3n) is 3.01. The molecule has 0 spiro atoms. The molecule has 18 heavy (non-hydrogen) atoms. The summed E-state index contributed by atoms with van der Waals surface area (Å²) in [7, 11) is 0. The molecule has 1 heterocycles. The molecule has 0 unspecified atom stereocenters. The van der Waals surface area contributed by atoms with E-state index in [2.05, 4.69) is 37.0 Å². The van der Waals surface area contributed by atoms with Gasteiger partial charge in [-0.1, -0.05) is 56.3 Å². The number of fused-ring (bicyclic) bond motifs is 1. The summed E-state index contributed by atoms with van der Waals surface area (Å²) in [6.45, 7) is 4.18. The van der Waals surface area contributed by atoms with Crippen molar-refractivity contribution in [1.82, 2.24) is 4.98 Å². The van der Waals surface area contributed by atoms with Crippen LogP contribution in [0.1, 0.15) is 25.7 Å². The average molecular weight is 237 g/mol. The monoisotopic (exact) mass is 237 g/mol. The topological polar surface area (TPSA) is 26.0 Å². The van der Waals surface area contributed by atoms with Crippen LogP contribution < -0.4 is 0 Å². The van der Waals surface area contributed by atoms with Gasteiger partial charge in [0.15, 0.2) is 11.5 Å². The first-order valence-electron chi connectivity index (χ1n) is 6.20. The van der Waals surface area contributed by atoms with Crippen LogP contribution in [0.25, 0.3) is 22.2 Å². The minimum Gasteiger partial charge on any atom is -0.440 e. The predicted octanol–water partition coefficient (Wildman–Crippen LogP) is 4.62. The van der Waals surface area contributed by atoms with Gasteiger partial charge in [0.2, 0.25) is 0 Å². The highest BCUT2D eigenvalue weighted by atomic mass is 16.3. The van der Waals surface area contributed by atoms with Crippen LogP contribution in [0.3, 0.4) is 0 Å². The number of oxazole rings is 1. The van der Waals surface area contributed by atoms with Crippen LogP contribution in [-0.2, 0) is 0 Å². The van der Waals surface area contributed by atoms with Crippen LogP contribution in [0.2, 0.25) is 0 Å². The molecule has 3 rings (SSSR count). The molecule has 0 fully saturated rings. The van der Waals surface area contributed by atoms with E-state index in [4.69, 9.17) is 4.42 Å². The second-order valence-corrected chi connectivity index (χ2v) is 4.73. The Morgan fingerprint density at radius 1 is 0.944 bits per heavy atom. The first-order chi connectivity index (χ1) is 8.75. The first kappa shape index (κ1) is 11.0. The molecule has 0 N–H and O–H groups in total. The second kappa shape index (κ2) is 4.30. The Balaban J connectivity index is 2.24. The number of nitrogens with zero attached hydrogens (tertiary/aromatic N) is 1. The average Bonchev–Trinajstić information content (AvgIpc) is 2.83. The molecular weight excluding hydrogens is 222 g/mol. The summed E-state index contributed by atoms with van der Waals surface area (Å²) in [6.07, 6.45) is 0. The SMILES string of the molecule is CC(C)c1nc2c(-c3ccccc3)cccc2o1. The van der Waals surface area contributed by atoms with Gasteiger partial charge in [0.1, 0.15) is 5.52 Å². The zero-order valence-electron chi connectivity index (χ0n) is 10.6. The molecule has 0 amide bonds. The molecule has 0 atom stereocenters. The fraction of sp³-hybridized carbons (Fsp3) is 0.188. The number of aromatic nitrogens is 1. The molecule has 0 radical (unpaired) electrons. The number of hydrogen-bond acceptors (Lipinski definition) is 2. The van der Waals surface area contributed by atoms with E-state index in [1.807, 2.05) is 30.3 Å². The molecule has 0 aliphatic heterocycles. The van der Waals surface area contributed by atoms with E-state index < -0.39 is 0 Å². The minimum absolute atomic E-state index is 0.307. The zero-order valence-corrected chi connectivity index (χ0v) is 10.6. The van der Waals surface area contributed by atoms with Crippen molar-refractivity contribution < 1.29 is 4.42 Å². The van der Waals surface area contributed by atoms with Gasteiger partial charge >= 0.3 is 0 Å². The molecule has 0 saturated carbocycles. The first-order valence-corrected chi connectivity index (χ1v) is 6.20. The lowest BCUT2D eigenvalue weighted by molar-refractivity contribution is 0.501. The molecule has 2 nitrogen and oxygen atoms in total. The van der Waals surface area contributed by atoms with Crippen LogP contribution >= 0.6 is 0 Å². The highest BCUT2D eigenvalue weighted by Crippen LogP contribution is 2.30. The fourth-order valence-electron chi connectivity index (χ4n) is 2.06. The zero-order chi connectivity index (χ0) is 12.5. The highest BCUT2D eigenvalue weighted by molar-refractivity contribution is 5.90. The molecule has 2 aromatic carbocycles. The van der Waals surface area contributed by atoms with E-state index in [0.717, 1.165) is 22.6 Å². The van der Waals surface area contributed by atoms with Gasteiger partial charge in [0.05, 0.1) is 0 Å². The number of para-hydroxylation sites is 1. The fourth-order valence-corrected chi connectivity index (χ4v) is 2.06. The van der Waals surface area contributed by atoms with Gasteiger partial charge in [0, 0.05) is 11.5 Å². The number of benzene rings is 2. The molecule has 0 aliphatic carbocycles. The Bertz CT molecular complexity index is 668. The van der Waals surface area contributed by atoms with Crippen molar-refractivity contribution in [3.05, 3.63) is 54.4 Å². The highest BCUT2D eigenvalue weighted by Gasteiger charge is 2.12. The van der Waals surface area contributed by atoms with E-state index in [9.17, 15) is 0 Å². The van der Waals surface area contributed by atoms with Crippen LogP contribution in [0.4, 0.5) is 0 Å². The van der Waals surface area contributed by atoms with Crippen LogP contribution in [0.15, 0.2) is 52.9 Å². The normalized spacial score (nSPS) is 11.3. The maximum absolute atomic E-state index is 5.78. The van der Waals surface area contributed by atoms with Gasteiger partial charge in [-0.15, -0.1) is 0 Å². The molecular formula is C16H15NO. The Hall–Kier alpha value is -2.09. The molecule has 0 saturated heterocycles. The molecule has 1 aromatic heterocycles. The summed E-state index contributed by atoms with van der Waals surface area (Å²) in [5, 5.41) is 0. The maximum atomic E-state index is 5.78. The van der Waals surface area contributed by atoms with E-state index >= 15 is 0 Å². The van der Waals surface area contributed by atoms with E-state index in [1.165, 1.54) is 5.56 Å². The van der Waals surface area contributed by atoms with E-state index in [1.54, 1.807) is 0 Å². The molecule has 0 aliphatic rings. The summed E-state index contributed by atoms with van der Waals surface area (Å²) in [5.74, 6) is 1.11. The molecule has 2 heteroatoms. The lowest BCUT2D eigenvalue weighted by Gasteiger charge is -2.00. The number of hydrogen-bond donors (Lipinski definition) is 0. The third-order valence-corrected chi connectivity index (χ3v) is 3.01. The second-order valence-electron chi connectivity index (χ2n) is 4.73. The minimum atomic E-state index is 0.307. The van der Waals surface area contributed by atoms with Gasteiger partial charge in [0.25, 0.3) is 0 Å². The Kier molecular flexibility index (Phi) is 2.63. The largest absolute Gasteiger partial charge is 0.440 e. The van der Waals surface area contributed by atoms with Gasteiger partial charge < -0.3 is 4.42 Å². The van der Waals surface area contributed by atoms with Gasteiger partial charge in [-0.25, -0.2) is 4.98 Å². The van der Waals surface area contributed by atoms with Gasteiger partial charge in [-0.2, -0.15) is 0 Å². The van der Waals surface area contributed by atoms with Gasteiger partial charge in [-0.3, -0.25) is 0 Å². The summed E-state index contributed by atoms with van der Waals surface area (Å²) < 4.78 is 5.78. The van der Waals surface area contributed by atoms with E-state index in [-0.39, 0.29) is 0 Å². The Morgan fingerprint density at radius 3 is 2.44 bits per heavy atom. The van der Waals surface area contributed by atoms with Crippen molar-refractivity contribution in [3.8, 4) is 11.1 Å². The summed E-state index contributed by atoms with van der Waals surface area (Å²) in [5.41, 5.74) is 4.11. The van der Waals surface area contributed by atoms with Crippen LogP contribution in [0, 0.1) is 0 Å². The Morgan fingerprint density at radius 2 is 1.72 bits per heavy atom. The van der Waals surface area contributed by atoms with Crippen molar-refractivity contribution in [1.29, 1.82) is 0 Å². The summed E-state index contributed by atoms with van der Waals surface area (Å²) >= 11 is 0. The number of rotatable bonds is 2. The van der Waals surface area contributed by atoms with Crippen LogP contribution in [0.5, 0.6) is 0 Å². The smallest absolute Gasteiger partial charge is 0.198 e. The molecule has 0 bridgehead atoms. The summed E-state index contributed by atoms with van der Waals surface area (Å²) in [6, 6.07) is 16.4. The maximum Gasteiger partial charge on any atom is 0.198 e. The molecule has 90 valence electrons. The van der Waals surface area contributed by atoms with Crippen molar-refractivity contribution in [2.75, 3.05) is 0 Å².